The van der Waals surface area contributed by atoms with Gasteiger partial charge in [0.25, 0.3) is 0 Å². The Kier molecular flexibility index (Phi) is 4.74. The molecule has 1 aliphatic heterocycles. The lowest BCUT2D eigenvalue weighted by molar-refractivity contribution is 0.0596. The Morgan fingerprint density at radius 3 is 2.56 bits per heavy atom. The zero-order chi connectivity index (χ0) is 13.0. The molecule has 1 unspecified atom stereocenters. The molecule has 0 radical (unpaired) electrons. The summed E-state index contributed by atoms with van der Waals surface area (Å²) in [7, 11) is 2.04. The minimum Gasteiger partial charge on any atom is -0.395 e. The molecule has 1 atom stereocenters. The maximum Gasteiger partial charge on any atom is 0.122 e. The third-order valence-electron chi connectivity index (χ3n) is 3.89. The van der Waals surface area contributed by atoms with Crippen molar-refractivity contribution >= 4 is 0 Å². The summed E-state index contributed by atoms with van der Waals surface area (Å²) in [6.07, 6.45) is 4.87. The summed E-state index contributed by atoms with van der Waals surface area (Å²) < 4.78 is 2.08. The van der Waals surface area contributed by atoms with Crippen molar-refractivity contribution in [2.45, 2.75) is 25.9 Å². The molecule has 5 heteroatoms. The number of hydrogen-bond donors (Lipinski definition) is 1. The number of imidazole rings is 1. The molecule has 1 saturated heterocycles. The first kappa shape index (κ1) is 13.5. The van der Waals surface area contributed by atoms with Crippen LogP contribution in [0.25, 0.3) is 0 Å². The first-order valence-electron chi connectivity index (χ1n) is 6.78. The number of hydrogen-bond acceptors (Lipinski definition) is 4. The highest BCUT2D eigenvalue weighted by Gasteiger charge is 2.22. The van der Waals surface area contributed by atoms with Crippen molar-refractivity contribution in [1.82, 2.24) is 19.4 Å². The van der Waals surface area contributed by atoms with Gasteiger partial charge in [-0.3, -0.25) is 9.80 Å². The van der Waals surface area contributed by atoms with Crippen molar-refractivity contribution in [3.05, 3.63) is 18.2 Å². The zero-order valence-corrected chi connectivity index (χ0v) is 11.4. The maximum absolute atomic E-state index is 9.32. The Hall–Kier alpha value is -0.910. The fourth-order valence-electron chi connectivity index (χ4n) is 2.54. The lowest BCUT2D eigenvalue weighted by Gasteiger charge is -2.38. The molecule has 1 aromatic rings. The fraction of sp³-hybridized carbons (Fsp3) is 0.769. The van der Waals surface area contributed by atoms with Crippen LogP contribution in [-0.2, 0) is 13.6 Å². The number of rotatable bonds is 5. The summed E-state index contributed by atoms with van der Waals surface area (Å²) in [5, 5.41) is 9.32. The molecule has 0 amide bonds. The lowest BCUT2D eigenvalue weighted by Crippen LogP contribution is -2.51. The highest BCUT2D eigenvalue weighted by Crippen LogP contribution is 2.11. The van der Waals surface area contributed by atoms with E-state index in [1.807, 2.05) is 19.4 Å². The Balaban J connectivity index is 1.82. The Morgan fingerprint density at radius 1 is 1.33 bits per heavy atom. The standard InChI is InChI=1S/C13H24N4O/c1-3-12(11-18)17-8-6-16(7-9-17)10-13-14-4-5-15(13)2/h4-5,12,18H,3,6-11H2,1-2H3. The van der Waals surface area contributed by atoms with Gasteiger partial charge in [0.15, 0.2) is 0 Å². The van der Waals surface area contributed by atoms with Crippen LogP contribution < -0.4 is 0 Å². The molecule has 0 saturated carbocycles. The summed E-state index contributed by atoms with van der Waals surface area (Å²) in [4.78, 5) is 9.20. The van der Waals surface area contributed by atoms with Crippen molar-refractivity contribution < 1.29 is 5.11 Å². The SMILES string of the molecule is CCC(CO)N1CCN(Cc2nccn2C)CC1. The van der Waals surface area contributed by atoms with E-state index in [-0.39, 0.29) is 6.61 Å². The van der Waals surface area contributed by atoms with Gasteiger partial charge >= 0.3 is 0 Å². The van der Waals surface area contributed by atoms with E-state index in [4.69, 9.17) is 0 Å². The number of piperazine rings is 1. The van der Waals surface area contributed by atoms with Crippen LogP contribution in [0.15, 0.2) is 12.4 Å². The van der Waals surface area contributed by atoms with Gasteiger partial charge in [-0.15, -0.1) is 0 Å². The minimum atomic E-state index is 0.274. The number of aromatic nitrogens is 2. The molecule has 1 N–H and O–H groups in total. The second-order valence-corrected chi connectivity index (χ2v) is 5.01. The summed E-state index contributed by atoms with van der Waals surface area (Å²) in [5.74, 6) is 1.12. The number of aryl methyl sites for hydroxylation is 1. The second kappa shape index (κ2) is 6.31. The second-order valence-electron chi connectivity index (χ2n) is 5.01. The molecule has 5 nitrogen and oxygen atoms in total. The summed E-state index contributed by atoms with van der Waals surface area (Å²) >= 11 is 0. The first-order chi connectivity index (χ1) is 8.74. The largest absolute Gasteiger partial charge is 0.395 e. The Bertz CT molecular complexity index is 354. The van der Waals surface area contributed by atoms with Gasteiger partial charge in [-0.1, -0.05) is 6.92 Å². The van der Waals surface area contributed by atoms with E-state index in [1.54, 1.807) is 0 Å². The summed E-state index contributed by atoms with van der Waals surface area (Å²) in [5.41, 5.74) is 0. The van der Waals surface area contributed by atoms with Crippen LogP contribution in [0, 0.1) is 0 Å². The van der Waals surface area contributed by atoms with Crippen molar-refractivity contribution in [3.63, 3.8) is 0 Å². The molecule has 18 heavy (non-hydrogen) atoms. The molecular weight excluding hydrogens is 228 g/mol. The molecule has 1 aromatic heterocycles. The fourth-order valence-corrected chi connectivity index (χ4v) is 2.54. The lowest BCUT2D eigenvalue weighted by atomic mass is 10.1. The van der Waals surface area contributed by atoms with Gasteiger partial charge < -0.3 is 9.67 Å². The molecular formula is C13H24N4O. The van der Waals surface area contributed by atoms with Crippen molar-refractivity contribution in [2.24, 2.45) is 7.05 Å². The summed E-state index contributed by atoms with van der Waals surface area (Å²) in [6, 6.07) is 0.334. The molecule has 102 valence electrons. The normalized spacial score (nSPS) is 20.2. The third kappa shape index (κ3) is 3.10. The van der Waals surface area contributed by atoms with E-state index in [1.165, 1.54) is 0 Å². The van der Waals surface area contributed by atoms with Crippen LogP contribution in [0.2, 0.25) is 0 Å². The molecule has 0 spiro atoms. The molecule has 0 bridgehead atoms. The Labute approximate surface area is 109 Å². The van der Waals surface area contributed by atoms with Gasteiger partial charge in [0.2, 0.25) is 0 Å². The van der Waals surface area contributed by atoms with Gasteiger partial charge in [-0.2, -0.15) is 0 Å². The molecule has 2 rings (SSSR count). The zero-order valence-electron chi connectivity index (χ0n) is 11.4. The van der Waals surface area contributed by atoms with Crippen molar-refractivity contribution in [1.29, 1.82) is 0 Å². The topological polar surface area (TPSA) is 44.5 Å². The van der Waals surface area contributed by atoms with Crippen LogP contribution in [0.5, 0.6) is 0 Å². The molecule has 1 aliphatic rings. The van der Waals surface area contributed by atoms with Gasteiger partial charge in [-0.05, 0) is 6.42 Å². The molecule has 1 fully saturated rings. The van der Waals surface area contributed by atoms with Gasteiger partial charge in [0, 0.05) is 51.7 Å². The molecule has 0 aliphatic carbocycles. The number of nitrogens with zero attached hydrogens (tertiary/aromatic N) is 4. The quantitative estimate of drug-likeness (QED) is 0.819. The Morgan fingerprint density at radius 2 is 2.06 bits per heavy atom. The monoisotopic (exact) mass is 252 g/mol. The van der Waals surface area contributed by atoms with Crippen LogP contribution in [-0.4, -0.2) is 63.3 Å². The molecule has 0 aromatic carbocycles. The predicted molar refractivity (Wildman–Crippen MR) is 71.2 cm³/mol. The van der Waals surface area contributed by atoms with Crippen LogP contribution in [0.4, 0.5) is 0 Å². The van der Waals surface area contributed by atoms with E-state index in [0.717, 1.165) is 45.0 Å². The van der Waals surface area contributed by atoms with E-state index in [9.17, 15) is 5.11 Å². The van der Waals surface area contributed by atoms with Gasteiger partial charge in [-0.25, -0.2) is 4.98 Å². The van der Waals surface area contributed by atoms with E-state index >= 15 is 0 Å². The van der Waals surface area contributed by atoms with E-state index < -0.39 is 0 Å². The maximum atomic E-state index is 9.32. The summed E-state index contributed by atoms with van der Waals surface area (Å²) in [6.45, 7) is 7.55. The average Bonchev–Trinajstić information content (AvgIpc) is 2.79. The van der Waals surface area contributed by atoms with Crippen LogP contribution >= 0.6 is 0 Å². The van der Waals surface area contributed by atoms with Crippen LogP contribution in [0.3, 0.4) is 0 Å². The number of aliphatic hydroxyl groups excluding tert-OH is 1. The average molecular weight is 252 g/mol. The third-order valence-corrected chi connectivity index (χ3v) is 3.89. The van der Waals surface area contributed by atoms with Gasteiger partial charge in [0.05, 0.1) is 13.2 Å². The van der Waals surface area contributed by atoms with Crippen LogP contribution in [0.1, 0.15) is 19.2 Å². The van der Waals surface area contributed by atoms with E-state index in [2.05, 4.69) is 26.3 Å². The van der Waals surface area contributed by atoms with E-state index in [0.29, 0.717) is 6.04 Å². The minimum absolute atomic E-state index is 0.274. The smallest absolute Gasteiger partial charge is 0.122 e. The predicted octanol–water partition coefficient (Wildman–Crippen LogP) is 0.309. The highest BCUT2D eigenvalue weighted by atomic mass is 16.3. The first-order valence-corrected chi connectivity index (χ1v) is 6.78. The molecule has 2 heterocycles. The van der Waals surface area contributed by atoms with Gasteiger partial charge in [0.1, 0.15) is 5.82 Å². The highest BCUT2D eigenvalue weighted by molar-refractivity contribution is 4.92. The van der Waals surface area contributed by atoms with Crippen molar-refractivity contribution in [2.75, 3.05) is 32.8 Å². The van der Waals surface area contributed by atoms with Crippen molar-refractivity contribution in [3.8, 4) is 0 Å². The number of aliphatic hydroxyl groups is 1.